The molecule has 1 aliphatic carbocycles. The molecule has 4 nitrogen and oxygen atoms in total. The monoisotopic (exact) mass is 355 g/mol. The van der Waals surface area contributed by atoms with Crippen LogP contribution in [0.25, 0.3) is 10.9 Å². The maximum absolute atomic E-state index is 11.8. The predicted molar refractivity (Wildman–Crippen MR) is 106 cm³/mol. The second-order valence-electron chi connectivity index (χ2n) is 6.74. The summed E-state index contributed by atoms with van der Waals surface area (Å²) in [6.07, 6.45) is 8.14. The molecule has 140 valence electrons. The highest BCUT2D eigenvalue weighted by Crippen LogP contribution is 2.35. The lowest BCUT2D eigenvalue weighted by Gasteiger charge is -2.19. The van der Waals surface area contributed by atoms with E-state index < -0.39 is 0 Å². The summed E-state index contributed by atoms with van der Waals surface area (Å²) in [5.41, 5.74) is 2.69. The van der Waals surface area contributed by atoms with Crippen LogP contribution in [-0.4, -0.2) is 22.0 Å². The van der Waals surface area contributed by atoms with Crippen molar-refractivity contribution in [1.82, 2.24) is 4.98 Å². The van der Waals surface area contributed by atoms with Gasteiger partial charge < -0.3 is 9.84 Å². The molecule has 0 fully saturated rings. The van der Waals surface area contributed by atoms with E-state index in [1.807, 2.05) is 12.3 Å². The number of carbonyl (C=O) groups excluding carboxylic acids is 1. The molecule has 3 rings (SSSR count). The average molecular weight is 355 g/mol. The average Bonchev–Trinajstić information content (AvgIpc) is 2.63. The fourth-order valence-electron chi connectivity index (χ4n) is 3.40. The molecule has 0 spiro atoms. The highest BCUT2D eigenvalue weighted by molar-refractivity contribution is 5.95. The number of rotatable bonds is 6. The van der Waals surface area contributed by atoms with Crippen LogP contribution in [0.5, 0.6) is 11.5 Å². The van der Waals surface area contributed by atoms with Gasteiger partial charge >= 0.3 is 0 Å². The molecule has 0 radical (unpaired) electrons. The number of hydrogen-bond donors (Lipinski definition) is 1. The van der Waals surface area contributed by atoms with E-state index in [0.717, 1.165) is 24.0 Å². The maximum Gasteiger partial charge on any atom is 0.137 e. The third-order valence-corrected chi connectivity index (χ3v) is 4.72. The normalized spacial score (nSPS) is 14.3. The minimum atomic E-state index is 0.104. The van der Waals surface area contributed by atoms with Crippen molar-refractivity contribution >= 4 is 16.7 Å². The first-order valence-corrected chi connectivity index (χ1v) is 9.40. The number of phenolic OH excluding ortho intramolecular Hbond substituents is 1. The molecule has 1 heterocycles. The zero-order valence-electron chi connectivity index (χ0n) is 15.9. The third kappa shape index (κ3) is 4.63. The van der Waals surface area contributed by atoms with E-state index in [1.165, 1.54) is 12.8 Å². The van der Waals surface area contributed by atoms with Gasteiger partial charge in [-0.05, 0) is 37.3 Å². The number of Topliss-reactive ketones (excluding diaryl/α,β-unsaturated/α-hetero) is 1. The molecule has 1 atom stereocenters. The van der Waals surface area contributed by atoms with Crippen molar-refractivity contribution in [3.8, 4) is 11.5 Å². The first-order chi connectivity index (χ1) is 12.6. The highest BCUT2D eigenvalue weighted by Gasteiger charge is 2.21. The van der Waals surface area contributed by atoms with E-state index in [0.29, 0.717) is 35.9 Å². The molecule has 0 saturated heterocycles. The number of phenols is 1. The summed E-state index contributed by atoms with van der Waals surface area (Å²) in [6, 6.07) is 3.52. The molecule has 1 aliphatic rings. The van der Waals surface area contributed by atoms with Gasteiger partial charge in [0.2, 0.25) is 0 Å². The number of unbranched alkanes of at least 4 members (excludes halogenated alkanes) is 2. The van der Waals surface area contributed by atoms with Crippen molar-refractivity contribution in [2.75, 3.05) is 0 Å². The molecule has 1 aromatic carbocycles. The number of carbonyl (C=O) groups is 1. The number of aryl methyl sites for hydroxylation is 1. The Morgan fingerprint density at radius 1 is 1.27 bits per heavy atom. The van der Waals surface area contributed by atoms with Crippen molar-refractivity contribution in [3.05, 3.63) is 42.6 Å². The Balaban J connectivity index is 0.00000117. The minimum absolute atomic E-state index is 0.104. The molecule has 1 N–H and O–H groups in total. The van der Waals surface area contributed by atoms with E-state index in [4.69, 9.17) is 4.74 Å². The van der Waals surface area contributed by atoms with Crippen molar-refractivity contribution in [1.29, 1.82) is 0 Å². The van der Waals surface area contributed by atoms with Gasteiger partial charge in [-0.2, -0.15) is 0 Å². The van der Waals surface area contributed by atoms with Crippen molar-refractivity contribution in [3.63, 3.8) is 0 Å². The van der Waals surface area contributed by atoms with Crippen LogP contribution in [0.3, 0.4) is 0 Å². The summed E-state index contributed by atoms with van der Waals surface area (Å²) in [5.74, 6) is 1.01. The Morgan fingerprint density at radius 3 is 2.77 bits per heavy atom. The van der Waals surface area contributed by atoms with Crippen molar-refractivity contribution in [2.45, 2.75) is 64.9 Å². The van der Waals surface area contributed by atoms with Crippen molar-refractivity contribution in [2.24, 2.45) is 0 Å². The number of hydrogen-bond acceptors (Lipinski definition) is 4. The fraction of sp³-hybridized carbons (Fsp3) is 0.455. The van der Waals surface area contributed by atoms with E-state index in [1.54, 1.807) is 6.07 Å². The minimum Gasteiger partial charge on any atom is -0.507 e. The quantitative estimate of drug-likeness (QED) is 0.575. The van der Waals surface area contributed by atoms with Crippen LogP contribution in [-0.2, 0) is 17.6 Å². The third-order valence-electron chi connectivity index (χ3n) is 4.72. The fourth-order valence-corrected chi connectivity index (χ4v) is 3.40. The van der Waals surface area contributed by atoms with Crippen LogP contribution in [0, 0.1) is 0 Å². The Labute approximate surface area is 155 Å². The van der Waals surface area contributed by atoms with Crippen LogP contribution in [0.2, 0.25) is 0 Å². The van der Waals surface area contributed by atoms with Crippen LogP contribution in [0.4, 0.5) is 0 Å². The number of ether oxygens (including phenoxy) is 1. The smallest absolute Gasteiger partial charge is 0.137 e. The molecule has 0 amide bonds. The van der Waals surface area contributed by atoms with E-state index in [2.05, 4.69) is 32.0 Å². The van der Waals surface area contributed by atoms with Gasteiger partial charge in [0.15, 0.2) is 0 Å². The van der Waals surface area contributed by atoms with Crippen LogP contribution >= 0.6 is 0 Å². The predicted octanol–water partition coefficient (Wildman–Crippen LogP) is 5.15. The van der Waals surface area contributed by atoms with Gasteiger partial charge in [-0.25, -0.2) is 0 Å². The van der Waals surface area contributed by atoms with Crippen molar-refractivity contribution < 1.29 is 14.6 Å². The first kappa shape index (κ1) is 20.0. The van der Waals surface area contributed by atoms with Crippen LogP contribution in [0.15, 0.2) is 31.5 Å². The Morgan fingerprint density at radius 2 is 2.04 bits per heavy atom. The topological polar surface area (TPSA) is 59.4 Å². The number of pyridine rings is 1. The van der Waals surface area contributed by atoms with E-state index in [-0.39, 0.29) is 17.6 Å². The van der Waals surface area contributed by atoms with Crippen LogP contribution < -0.4 is 4.74 Å². The molecule has 1 aromatic heterocycles. The van der Waals surface area contributed by atoms with Gasteiger partial charge in [0.25, 0.3) is 0 Å². The summed E-state index contributed by atoms with van der Waals surface area (Å²) in [7, 11) is 0. The number of fused-ring (bicyclic) bond motifs is 3. The number of benzene rings is 1. The summed E-state index contributed by atoms with van der Waals surface area (Å²) >= 11 is 0. The Bertz CT molecular complexity index is 770. The highest BCUT2D eigenvalue weighted by atomic mass is 16.5. The second kappa shape index (κ2) is 9.37. The standard InChI is InChI=1S/C20H25NO3.C2H4/c1-3-4-5-6-13(2)24-16-10-18-20(19(23)11-16)17-9-15(22)8-7-14(17)12-21-18;1-2/h10-13,23H,3-9H2,1-2H3;1-2H2. The summed E-state index contributed by atoms with van der Waals surface area (Å²) in [5, 5.41) is 11.2. The van der Waals surface area contributed by atoms with Gasteiger partial charge in [-0.3, -0.25) is 9.78 Å². The largest absolute Gasteiger partial charge is 0.507 e. The number of nitrogens with zero attached hydrogens (tertiary/aromatic N) is 1. The Hall–Kier alpha value is -2.36. The molecule has 26 heavy (non-hydrogen) atoms. The number of ketones is 1. The lowest BCUT2D eigenvalue weighted by atomic mass is 9.89. The molecule has 0 saturated carbocycles. The molecular weight excluding hydrogens is 326 g/mol. The second-order valence-corrected chi connectivity index (χ2v) is 6.74. The van der Waals surface area contributed by atoms with Gasteiger partial charge in [-0.1, -0.05) is 19.8 Å². The van der Waals surface area contributed by atoms with E-state index >= 15 is 0 Å². The maximum atomic E-state index is 11.8. The zero-order chi connectivity index (χ0) is 19.1. The molecular formula is C22H29NO3. The Kier molecular flexibility index (Phi) is 7.19. The summed E-state index contributed by atoms with van der Waals surface area (Å²) in [4.78, 5) is 16.3. The summed E-state index contributed by atoms with van der Waals surface area (Å²) in [6.45, 7) is 10.2. The SMILES string of the molecule is C=C.CCCCCC(C)Oc1cc(O)c2c3c(cnc2c1)CCC(=O)C3. The van der Waals surface area contributed by atoms with Gasteiger partial charge in [-0.15, -0.1) is 13.2 Å². The van der Waals surface area contributed by atoms with Crippen LogP contribution in [0.1, 0.15) is 57.1 Å². The van der Waals surface area contributed by atoms with Gasteiger partial charge in [0.05, 0.1) is 11.6 Å². The van der Waals surface area contributed by atoms with Gasteiger partial charge in [0.1, 0.15) is 17.3 Å². The number of aromatic hydroxyl groups is 1. The number of aromatic nitrogens is 1. The molecule has 0 aliphatic heterocycles. The molecule has 1 unspecified atom stereocenters. The first-order valence-electron chi connectivity index (χ1n) is 9.40. The zero-order valence-corrected chi connectivity index (χ0v) is 15.9. The molecule has 2 aromatic rings. The summed E-state index contributed by atoms with van der Waals surface area (Å²) < 4.78 is 5.95. The van der Waals surface area contributed by atoms with E-state index in [9.17, 15) is 9.90 Å². The molecule has 4 heteroatoms. The van der Waals surface area contributed by atoms with Gasteiger partial charge in [0, 0.05) is 36.6 Å². The molecule has 0 bridgehead atoms. The lowest BCUT2D eigenvalue weighted by molar-refractivity contribution is -0.118. The lowest BCUT2D eigenvalue weighted by Crippen LogP contribution is -2.14.